The Morgan fingerprint density at radius 1 is 1.60 bits per heavy atom. The van der Waals surface area contributed by atoms with Gasteiger partial charge in [0.05, 0.1) is 6.04 Å². The average molecular weight is 212 g/mol. The fourth-order valence-electron chi connectivity index (χ4n) is 1.33. The minimum atomic E-state index is -0.358. The van der Waals surface area contributed by atoms with Gasteiger partial charge in [-0.15, -0.1) is 6.58 Å². The van der Waals surface area contributed by atoms with Crippen molar-refractivity contribution in [1.82, 2.24) is 4.90 Å². The van der Waals surface area contributed by atoms with E-state index in [9.17, 15) is 4.79 Å². The molecule has 0 aromatic carbocycles. The summed E-state index contributed by atoms with van der Waals surface area (Å²) in [6.45, 7) is 8.47. The molecule has 0 aliphatic rings. The molecule has 0 aliphatic carbocycles. The Morgan fingerprint density at radius 2 is 2.20 bits per heavy atom. The highest BCUT2D eigenvalue weighted by molar-refractivity contribution is 5.81. The zero-order valence-electron chi connectivity index (χ0n) is 10.2. The molecular weight excluding hydrogens is 188 g/mol. The second kappa shape index (κ2) is 7.46. The molecule has 3 heteroatoms. The van der Waals surface area contributed by atoms with E-state index in [2.05, 4.69) is 13.5 Å². The fourth-order valence-corrected chi connectivity index (χ4v) is 1.33. The van der Waals surface area contributed by atoms with Crippen molar-refractivity contribution in [3.05, 3.63) is 12.7 Å². The Hall–Kier alpha value is -0.830. The highest BCUT2D eigenvalue weighted by Gasteiger charge is 2.22. The van der Waals surface area contributed by atoms with Gasteiger partial charge in [0.2, 0.25) is 5.91 Å². The second-order valence-electron chi connectivity index (χ2n) is 4.10. The molecule has 0 rings (SSSR count). The summed E-state index contributed by atoms with van der Waals surface area (Å²) < 4.78 is 0. The molecule has 0 heterocycles. The van der Waals surface area contributed by atoms with Crippen LogP contribution in [0, 0.1) is 5.92 Å². The SMILES string of the molecule is C=CCCCN(C)C(=O)[C@@H](N)[C@@H](C)CC. The summed E-state index contributed by atoms with van der Waals surface area (Å²) in [4.78, 5) is 13.5. The van der Waals surface area contributed by atoms with E-state index in [1.54, 1.807) is 4.90 Å². The molecule has 0 bridgehead atoms. The van der Waals surface area contributed by atoms with Gasteiger partial charge in [0, 0.05) is 13.6 Å². The number of nitrogens with zero attached hydrogens (tertiary/aromatic N) is 1. The first kappa shape index (κ1) is 14.2. The first-order valence-electron chi connectivity index (χ1n) is 5.66. The Kier molecular flexibility index (Phi) is 7.05. The quantitative estimate of drug-likeness (QED) is 0.516. The molecule has 0 spiro atoms. The van der Waals surface area contributed by atoms with E-state index in [1.165, 1.54) is 0 Å². The lowest BCUT2D eigenvalue weighted by molar-refractivity contribution is -0.132. The minimum Gasteiger partial charge on any atom is -0.344 e. The average Bonchev–Trinajstić information content (AvgIpc) is 2.26. The van der Waals surface area contributed by atoms with Crippen LogP contribution in [0.25, 0.3) is 0 Å². The summed E-state index contributed by atoms with van der Waals surface area (Å²) in [6.07, 6.45) is 4.70. The number of amides is 1. The summed E-state index contributed by atoms with van der Waals surface area (Å²) in [6, 6.07) is -0.358. The summed E-state index contributed by atoms with van der Waals surface area (Å²) in [7, 11) is 1.81. The van der Waals surface area contributed by atoms with Crippen LogP contribution in [0.1, 0.15) is 33.1 Å². The first-order chi connectivity index (χ1) is 7.04. The highest BCUT2D eigenvalue weighted by atomic mass is 16.2. The van der Waals surface area contributed by atoms with Gasteiger partial charge in [-0.2, -0.15) is 0 Å². The molecule has 0 saturated carbocycles. The van der Waals surface area contributed by atoms with Crippen LogP contribution >= 0.6 is 0 Å². The van der Waals surface area contributed by atoms with Gasteiger partial charge >= 0.3 is 0 Å². The van der Waals surface area contributed by atoms with Crippen molar-refractivity contribution in [2.24, 2.45) is 11.7 Å². The second-order valence-corrected chi connectivity index (χ2v) is 4.10. The molecule has 3 nitrogen and oxygen atoms in total. The number of hydrogen-bond acceptors (Lipinski definition) is 2. The molecule has 0 aromatic heterocycles. The smallest absolute Gasteiger partial charge is 0.239 e. The molecular formula is C12H24N2O. The minimum absolute atomic E-state index is 0.0495. The van der Waals surface area contributed by atoms with E-state index < -0.39 is 0 Å². The third kappa shape index (κ3) is 4.98. The zero-order chi connectivity index (χ0) is 11.8. The van der Waals surface area contributed by atoms with Gasteiger partial charge in [-0.25, -0.2) is 0 Å². The third-order valence-electron chi connectivity index (χ3n) is 2.82. The van der Waals surface area contributed by atoms with Gasteiger partial charge in [0.15, 0.2) is 0 Å². The Labute approximate surface area is 93.3 Å². The van der Waals surface area contributed by atoms with Crippen molar-refractivity contribution in [2.45, 2.75) is 39.2 Å². The van der Waals surface area contributed by atoms with E-state index in [0.717, 1.165) is 25.8 Å². The number of carbonyl (C=O) groups is 1. The van der Waals surface area contributed by atoms with Gasteiger partial charge < -0.3 is 10.6 Å². The third-order valence-corrected chi connectivity index (χ3v) is 2.82. The van der Waals surface area contributed by atoms with Crippen molar-refractivity contribution >= 4 is 5.91 Å². The lowest BCUT2D eigenvalue weighted by Crippen LogP contribution is -2.45. The maximum absolute atomic E-state index is 11.8. The van der Waals surface area contributed by atoms with Crippen molar-refractivity contribution in [3.63, 3.8) is 0 Å². The maximum atomic E-state index is 11.8. The van der Waals surface area contributed by atoms with Crippen LogP contribution in [-0.2, 0) is 4.79 Å². The normalized spacial score (nSPS) is 14.4. The molecule has 0 fully saturated rings. The van der Waals surface area contributed by atoms with E-state index in [0.29, 0.717) is 0 Å². The van der Waals surface area contributed by atoms with Gasteiger partial charge in [0.1, 0.15) is 0 Å². The molecule has 1 amide bonds. The van der Waals surface area contributed by atoms with Crippen LogP contribution in [0.2, 0.25) is 0 Å². The van der Waals surface area contributed by atoms with E-state index in [-0.39, 0.29) is 17.9 Å². The van der Waals surface area contributed by atoms with Crippen LogP contribution in [0.5, 0.6) is 0 Å². The van der Waals surface area contributed by atoms with Crippen LogP contribution in [0.3, 0.4) is 0 Å². The number of carbonyl (C=O) groups excluding carboxylic acids is 1. The van der Waals surface area contributed by atoms with E-state index in [1.807, 2.05) is 20.0 Å². The zero-order valence-corrected chi connectivity index (χ0v) is 10.2. The maximum Gasteiger partial charge on any atom is 0.239 e. The molecule has 2 atom stereocenters. The number of hydrogen-bond donors (Lipinski definition) is 1. The molecule has 0 radical (unpaired) electrons. The van der Waals surface area contributed by atoms with Crippen molar-refractivity contribution < 1.29 is 4.79 Å². The van der Waals surface area contributed by atoms with Gasteiger partial charge in [-0.05, 0) is 18.8 Å². The van der Waals surface area contributed by atoms with E-state index >= 15 is 0 Å². The number of likely N-dealkylation sites (N-methyl/N-ethyl adjacent to an activating group) is 1. The lowest BCUT2D eigenvalue weighted by Gasteiger charge is -2.24. The largest absolute Gasteiger partial charge is 0.344 e. The fraction of sp³-hybridized carbons (Fsp3) is 0.750. The summed E-state index contributed by atoms with van der Waals surface area (Å²) >= 11 is 0. The van der Waals surface area contributed by atoms with E-state index in [4.69, 9.17) is 5.73 Å². The van der Waals surface area contributed by atoms with Gasteiger partial charge in [0.25, 0.3) is 0 Å². The van der Waals surface area contributed by atoms with Crippen molar-refractivity contribution in [2.75, 3.05) is 13.6 Å². The molecule has 88 valence electrons. The van der Waals surface area contributed by atoms with Gasteiger partial charge in [-0.1, -0.05) is 26.3 Å². The predicted molar refractivity (Wildman–Crippen MR) is 64.5 cm³/mol. The van der Waals surface area contributed by atoms with Gasteiger partial charge in [-0.3, -0.25) is 4.79 Å². The van der Waals surface area contributed by atoms with Crippen molar-refractivity contribution in [3.8, 4) is 0 Å². The Bertz CT molecular complexity index is 204. The lowest BCUT2D eigenvalue weighted by atomic mass is 9.99. The highest BCUT2D eigenvalue weighted by Crippen LogP contribution is 2.08. The summed E-state index contributed by atoms with van der Waals surface area (Å²) in [5, 5.41) is 0. The number of nitrogens with two attached hydrogens (primary N) is 1. The summed E-state index contributed by atoms with van der Waals surface area (Å²) in [5.41, 5.74) is 5.87. The van der Waals surface area contributed by atoms with Crippen LogP contribution < -0.4 is 5.73 Å². The standard InChI is InChI=1S/C12H24N2O/c1-5-7-8-9-14(4)12(15)11(13)10(3)6-2/h5,10-11H,1,6-9,13H2,2-4H3/t10-,11-/m0/s1. The molecule has 0 aromatic rings. The van der Waals surface area contributed by atoms with Crippen LogP contribution in [0.15, 0.2) is 12.7 Å². The molecule has 0 aliphatic heterocycles. The monoisotopic (exact) mass is 212 g/mol. The Balaban J connectivity index is 4.01. The molecule has 0 unspecified atom stereocenters. The summed E-state index contributed by atoms with van der Waals surface area (Å²) in [5.74, 6) is 0.299. The predicted octanol–water partition coefficient (Wildman–Crippen LogP) is 1.78. The number of rotatable bonds is 7. The van der Waals surface area contributed by atoms with Crippen LogP contribution in [0.4, 0.5) is 0 Å². The van der Waals surface area contributed by atoms with Crippen molar-refractivity contribution in [1.29, 1.82) is 0 Å². The molecule has 0 saturated heterocycles. The number of allylic oxidation sites excluding steroid dienone is 1. The topological polar surface area (TPSA) is 46.3 Å². The first-order valence-corrected chi connectivity index (χ1v) is 5.66. The number of unbranched alkanes of at least 4 members (excludes halogenated alkanes) is 1. The molecule has 15 heavy (non-hydrogen) atoms. The molecule has 2 N–H and O–H groups in total. The Morgan fingerprint density at radius 3 is 2.67 bits per heavy atom. The van der Waals surface area contributed by atoms with Crippen LogP contribution in [-0.4, -0.2) is 30.4 Å².